The molecule has 0 aliphatic rings. The molecule has 3 rings (SSSR count). The molecule has 1 aromatic heterocycles. The van der Waals surface area contributed by atoms with E-state index in [1.54, 1.807) is 18.7 Å². The highest BCUT2D eigenvalue weighted by Crippen LogP contribution is 2.31. The van der Waals surface area contributed by atoms with Crippen molar-refractivity contribution in [3.63, 3.8) is 0 Å². The number of ether oxygens (including phenoxy) is 2. The Morgan fingerprint density at radius 1 is 1.11 bits per heavy atom. The maximum absolute atomic E-state index is 12.7. The number of fused-ring (bicyclic) bond motifs is 1. The van der Waals surface area contributed by atoms with Crippen LogP contribution in [0.5, 0.6) is 5.75 Å². The van der Waals surface area contributed by atoms with E-state index in [2.05, 4.69) is 21.2 Å². The number of amides is 1. The largest absolute Gasteiger partial charge is 0.491 e. The number of terminal acetylenes is 1. The summed E-state index contributed by atoms with van der Waals surface area (Å²) in [7, 11) is 1.59. The first kappa shape index (κ1) is 25.6. The van der Waals surface area contributed by atoms with Crippen molar-refractivity contribution in [3.8, 4) is 18.1 Å². The number of nitrogens with zero attached hydrogens (tertiary/aromatic N) is 2. The fourth-order valence-electron chi connectivity index (χ4n) is 3.52. The lowest BCUT2D eigenvalue weighted by Gasteiger charge is -2.14. The Kier molecular flexibility index (Phi) is 9.54. The fourth-order valence-corrected chi connectivity index (χ4v) is 3.52. The van der Waals surface area contributed by atoms with Crippen molar-refractivity contribution >= 4 is 34.1 Å². The Morgan fingerprint density at radius 2 is 1.94 bits per heavy atom. The Balaban J connectivity index is 1.84. The van der Waals surface area contributed by atoms with Gasteiger partial charge in [0.25, 0.3) is 0 Å². The summed E-state index contributed by atoms with van der Waals surface area (Å²) in [4.78, 5) is 32.6. The highest BCUT2D eigenvalue weighted by molar-refractivity contribution is 5.93. The number of ketones is 1. The van der Waals surface area contributed by atoms with E-state index in [0.29, 0.717) is 55.1 Å². The number of unbranched alkanes of at least 4 members (excludes halogenated alkanes) is 1. The van der Waals surface area contributed by atoms with Crippen LogP contribution in [0.4, 0.5) is 11.5 Å². The minimum atomic E-state index is -0.464. The second kappa shape index (κ2) is 13.0. The third-order valence-corrected chi connectivity index (χ3v) is 5.28. The summed E-state index contributed by atoms with van der Waals surface area (Å²) in [6.07, 6.45) is 8.65. The molecule has 0 unspecified atom stereocenters. The second-order valence-corrected chi connectivity index (χ2v) is 7.85. The minimum Gasteiger partial charge on any atom is -0.491 e. The van der Waals surface area contributed by atoms with E-state index < -0.39 is 5.91 Å². The summed E-state index contributed by atoms with van der Waals surface area (Å²) < 4.78 is 11.0. The summed E-state index contributed by atoms with van der Waals surface area (Å²) in [5.74, 6) is 3.30. The topological polar surface area (TPSA) is 123 Å². The van der Waals surface area contributed by atoms with Crippen LogP contribution < -0.4 is 15.5 Å². The van der Waals surface area contributed by atoms with Crippen molar-refractivity contribution in [1.29, 1.82) is 0 Å². The first-order chi connectivity index (χ1) is 17.0. The summed E-state index contributed by atoms with van der Waals surface area (Å²) in [6.45, 7) is 0.731. The van der Waals surface area contributed by atoms with Crippen molar-refractivity contribution in [2.75, 3.05) is 25.6 Å². The van der Waals surface area contributed by atoms with E-state index in [0.717, 1.165) is 16.6 Å². The zero-order valence-electron chi connectivity index (χ0n) is 19.5. The molecule has 182 valence electrons. The van der Waals surface area contributed by atoms with E-state index in [1.807, 2.05) is 30.3 Å². The number of benzene rings is 2. The van der Waals surface area contributed by atoms with Gasteiger partial charge >= 0.3 is 0 Å². The summed E-state index contributed by atoms with van der Waals surface area (Å²) in [6, 6.07) is 11.1. The Hall–Kier alpha value is -4.00. The van der Waals surface area contributed by atoms with Crippen molar-refractivity contribution in [3.05, 3.63) is 53.9 Å². The van der Waals surface area contributed by atoms with E-state index in [-0.39, 0.29) is 18.6 Å². The molecule has 0 saturated heterocycles. The van der Waals surface area contributed by atoms with Crippen LogP contribution in [0.3, 0.4) is 0 Å². The normalized spacial score (nSPS) is 10.5. The molecular weight excluding hydrogens is 448 g/mol. The highest BCUT2D eigenvalue weighted by Gasteiger charge is 2.15. The zero-order valence-corrected chi connectivity index (χ0v) is 19.5. The maximum Gasteiger partial charge on any atom is 0.243 e. The molecule has 0 radical (unpaired) electrons. The molecule has 0 aliphatic heterocycles. The van der Waals surface area contributed by atoms with Crippen molar-refractivity contribution in [2.45, 2.75) is 32.1 Å². The van der Waals surface area contributed by atoms with Crippen molar-refractivity contribution < 1.29 is 24.3 Å². The molecule has 0 aliphatic carbocycles. The Labute approximate surface area is 203 Å². The van der Waals surface area contributed by atoms with Gasteiger partial charge in [-0.05, 0) is 37.1 Å². The van der Waals surface area contributed by atoms with Gasteiger partial charge in [-0.25, -0.2) is 15.4 Å². The second-order valence-electron chi connectivity index (χ2n) is 7.85. The van der Waals surface area contributed by atoms with Gasteiger partial charge in [-0.2, -0.15) is 0 Å². The molecule has 3 N–H and O–H groups in total. The molecule has 35 heavy (non-hydrogen) atoms. The van der Waals surface area contributed by atoms with Gasteiger partial charge in [0.05, 0.1) is 12.1 Å². The van der Waals surface area contributed by atoms with Gasteiger partial charge in [0, 0.05) is 54.6 Å². The van der Waals surface area contributed by atoms with E-state index in [1.165, 1.54) is 6.33 Å². The number of nitrogens with one attached hydrogen (secondary N) is 2. The number of methoxy groups -OCH3 is 1. The number of anilines is 2. The van der Waals surface area contributed by atoms with Gasteiger partial charge in [-0.3, -0.25) is 14.8 Å². The van der Waals surface area contributed by atoms with Gasteiger partial charge in [0.1, 0.15) is 30.3 Å². The average molecular weight is 477 g/mol. The van der Waals surface area contributed by atoms with E-state index in [9.17, 15) is 9.59 Å². The fraction of sp³-hybridized carbons (Fsp3) is 0.308. The van der Waals surface area contributed by atoms with Crippen LogP contribution in [0.25, 0.3) is 10.9 Å². The third kappa shape index (κ3) is 7.50. The molecule has 9 nitrogen and oxygen atoms in total. The zero-order chi connectivity index (χ0) is 25.0. The first-order valence-corrected chi connectivity index (χ1v) is 11.2. The van der Waals surface area contributed by atoms with Crippen LogP contribution in [0.15, 0.2) is 42.7 Å². The van der Waals surface area contributed by atoms with Gasteiger partial charge in [0.15, 0.2) is 0 Å². The van der Waals surface area contributed by atoms with Crippen LogP contribution in [0, 0.1) is 12.3 Å². The first-order valence-electron chi connectivity index (χ1n) is 11.2. The molecule has 0 saturated carbocycles. The van der Waals surface area contributed by atoms with Gasteiger partial charge in [0.2, 0.25) is 5.91 Å². The molecule has 1 heterocycles. The van der Waals surface area contributed by atoms with Crippen LogP contribution >= 0.6 is 0 Å². The lowest BCUT2D eigenvalue weighted by molar-refractivity contribution is -0.129. The molecule has 3 aromatic rings. The molecule has 0 fully saturated rings. The molecule has 1 amide bonds. The van der Waals surface area contributed by atoms with Crippen LogP contribution in [0.1, 0.15) is 36.8 Å². The third-order valence-electron chi connectivity index (χ3n) is 5.28. The monoisotopic (exact) mass is 476 g/mol. The lowest BCUT2D eigenvalue weighted by Crippen LogP contribution is -2.17. The Bertz CT molecular complexity index is 1220. The number of Topliss-reactive ketones (excluding diaryl/α,β-unsaturated/α-hetero) is 1. The summed E-state index contributed by atoms with van der Waals surface area (Å²) in [5, 5.41) is 12.6. The predicted molar refractivity (Wildman–Crippen MR) is 132 cm³/mol. The molecular formula is C26H28N4O5. The highest BCUT2D eigenvalue weighted by atomic mass is 16.5. The van der Waals surface area contributed by atoms with Gasteiger partial charge in [-0.15, -0.1) is 6.42 Å². The number of rotatable bonds is 13. The summed E-state index contributed by atoms with van der Waals surface area (Å²) >= 11 is 0. The van der Waals surface area contributed by atoms with Gasteiger partial charge < -0.3 is 14.8 Å². The number of carbonyl (C=O) groups is 2. The smallest absolute Gasteiger partial charge is 0.243 e. The molecule has 2 aromatic carbocycles. The number of aromatic nitrogens is 2. The average Bonchev–Trinajstić information content (AvgIpc) is 2.87. The molecule has 0 bridgehead atoms. The lowest BCUT2D eigenvalue weighted by atomic mass is 10.0. The molecule has 0 spiro atoms. The SMILES string of the molecule is C#Cc1cccc(Nc2ncnc3cc(OCCOC)c(CC(=O)CCCCC(=O)NO)cc23)c1. The maximum atomic E-state index is 12.7. The quantitative estimate of drug-likeness (QED) is 0.148. The van der Waals surface area contributed by atoms with Crippen LogP contribution in [0.2, 0.25) is 0 Å². The standard InChI is InChI=1S/C26H28N4O5/c1-3-18-7-6-8-20(13-18)29-26-22-15-19(14-21(31)9-4-5-10-25(32)30-33)24(35-12-11-34-2)16-23(22)27-17-28-26/h1,6-8,13,15-17,33H,4-5,9-12,14H2,2H3,(H,30,32)(H,27,28,29). The number of hydroxylamine groups is 1. The van der Waals surface area contributed by atoms with E-state index in [4.69, 9.17) is 21.1 Å². The van der Waals surface area contributed by atoms with Gasteiger partial charge in [-0.1, -0.05) is 12.0 Å². The Morgan fingerprint density at radius 3 is 2.71 bits per heavy atom. The minimum absolute atomic E-state index is 0.0124. The van der Waals surface area contributed by atoms with Crippen LogP contribution in [-0.2, 0) is 20.7 Å². The van der Waals surface area contributed by atoms with Crippen LogP contribution in [-0.4, -0.2) is 47.2 Å². The van der Waals surface area contributed by atoms with Crippen molar-refractivity contribution in [2.24, 2.45) is 0 Å². The number of hydrogen-bond donors (Lipinski definition) is 3. The molecule has 0 atom stereocenters. The predicted octanol–water partition coefficient (Wildman–Crippen LogP) is 3.56. The van der Waals surface area contributed by atoms with Crippen molar-refractivity contribution in [1.82, 2.24) is 15.4 Å². The number of carbonyl (C=O) groups excluding carboxylic acids is 2. The van der Waals surface area contributed by atoms with E-state index >= 15 is 0 Å². The molecule has 9 heteroatoms. The number of hydrogen-bond acceptors (Lipinski definition) is 8. The summed E-state index contributed by atoms with van der Waals surface area (Å²) in [5.41, 5.74) is 4.49.